The van der Waals surface area contributed by atoms with Crippen molar-refractivity contribution < 1.29 is 4.79 Å². The second kappa shape index (κ2) is 7.63. The first-order valence-electron chi connectivity index (χ1n) is 10.5. The largest absolute Gasteiger partial charge is 0.326 e. The van der Waals surface area contributed by atoms with E-state index in [1.54, 1.807) is 6.07 Å². The lowest BCUT2D eigenvalue weighted by atomic mass is 10.1. The van der Waals surface area contributed by atoms with Gasteiger partial charge in [-0.15, -0.1) is 0 Å². The Bertz CT molecular complexity index is 1370. The molecule has 8 nitrogen and oxygen atoms in total. The predicted molar refractivity (Wildman–Crippen MR) is 120 cm³/mol. The minimum Gasteiger partial charge on any atom is -0.326 e. The Morgan fingerprint density at radius 3 is 2.74 bits per heavy atom. The lowest BCUT2D eigenvalue weighted by Gasteiger charge is -2.26. The van der Waals surface area contributed by atoms with Crippen LogP contribution in [0.3, 0.4) is 0 Å². The average Bonchev–Trinajstić information content (AvgIpc) is 3.14. The number of amides is 1. The molecule has 0 unspecified atom stereocenters. The van der Waals surface area contributed by atoms with Crippen LogP contribution < -0.4 is 10.9 Å². The van der Waals surface area contributed by atoms with E-state index in [1.807, 2.05) is 43.3 Å². The molecular formula is C23H24N6O2. The van der Waals surface area contributed by atoms with Gasteiger partial charge >= 0.3 is 0 Å². The third-order valence-electron chi connectivity index (χ3n) is 5.91. The average molecular weight is 416 g/mol. The molecule has 0 atom stereocenters. The molecular weight excluding hydrogens is 392 g/mol. The minimum atomic E-state index is -0.301. The lowest BCUT2D eigenvalue weighted by molar-refractivity contribution is -0.117. The number of aromatic nitrogens is 4. The first-order valence-corrected chi connectivity index (χ1v) is 10.5. The Balaban J connectivity index is 1.38. The van der Waals surface area contributed by atoms with Crippen LogP contribution in [0.15, 0.2) is 47.3 Å². The first kappa shape index (κ1) is 19.4. The first-order chi connectivity index (χ1) is 15.0. The Kier molecular flexibility index (Phi) is 4.78. The van der Waals surface area contributed by atoms with E-state index in [4.69, 9.17) is 4.98 Å². The van der Waals surface area contributed by atoms with Gasteiger partial charge in [-0.1, -0.05) is 25.1 Å². The van der Waals surface area contributed by atoms with Crippen molar-refractivity contribution in [1.29, 1.82) is 0 Å². The van der Waals surface area contributed by atoms with Gasteiger partial charge in [0.25, 0.3) is 5.56 Å². The fourth-order valence-corrected chi connectivity index (χ4v) is 4.27. The normalized spacial score (nSPS) is 14.1. The smallest absolute Gasteiger partial charge is 0.275 e. The summed E-state index contributed by atoms with van der Waals surface area (Å²) < 4.78 is 3.47. The molecule has 0 bridgehead atoms. The van der Waals surface area contributed by atoms with Crippen LogP contribution >= 0.6 is 0 Å². The topological polar surface area (TPSA) is 85.1 Å². The second-order valence-corrected chi connectivity index (χ2v) is 7.89. The van der Waals surface area contributed by atoms with Crippen LogP contribution in [0.4, 0.5) is 5.69 Å². The maximum Gasteiger partial charge on any atom is 0.275 e. The highest BCUT2D eigenvalue weighted by molar-refractivity contribution is 5.93. The monoisotopic (exact) mass is 416 g/mol. The fraction of sp³-hybridized carbons (Fsp3) is 0.304. The number of fused-ring (bicyclic) bond motifs is 4. The van der Waals surface area contributed by atoms with E-state index in [0.717, 1.165) is 48.4 Å². The summed E-state index contributed by atoms with van der Waals surface area (Å²) in [6, 6.07) is 13.1. The molecule has 0 spiro atoms. The van der Waals surface area contributed by atoms with Crippen molar-refractivity contribution in [2.24, 2.45) is 0 Å². The number of carbonyl (C=O) groups excluding carboxylic acids is 1. The van der Waals surface area contributed by atoms with Crippen LogP contribution in [-0.2, 0) is 24.4 Å². The minimum absolute atomic E-state index is 0.145. The third kappa shape index (κ3) is 3.48. The third-order valence-corrected chi connectivity index (χ3v) is 5.91. The molecule has 31 heavy (non-hydrogen) atoms. The van der Waals surface area contributed by atoms with Gasteiger partial charge in [0.2, 0.25) is 5.91 Å². The van der Waals surface area contributed by atoms with Gasteiger partial charge in [-0.2, -0.15) is 5.10 Å². The van der Waals surface area contributed by atoms with E-state index in [9.17, 15) is 9.59 Å². The summed E-state index contributed by atoms with van der Waals surface area (Å²) in [5.74, 6) is 0.749. The Morgan fingerprint density at radius 1 is 1.13 bits per heavy atom. The van der Waals surface area contributed by atoms with Crippen LogP contribution in [0.25, 0.3) is 21.8 Å². The maximum absolute atomic E-state index is 12.7. The van der Waals surface area contributed by atoms with Crippen LogP contribution in [-0.4, -0.2) is 43.2 Å². The molecule has 0 saturated heterocycles. The lowest BCUT2D eigenvalue weighted by Crippen LogP contribution is -2.33. The molecule has 0 saturated carbocycles. The van der Waals surface area contributed by atoms with Crippen LogP contribution in [0.5, 0.6) is 0 Å². The number of hydrogen-bond acceptors (Lipinski definition) is 5. The van der Waals surface area contributed by atoms with Crippen LogP contribution in [0.1, 0.15) is 18.4 Å². The van der Waals surface area contributed by atoms with E-state index < -0.39 is 0 Å². The Morgan fingerprint density at radius 2 is 1.94 bits per heavy atom. The predicted octanol–water partition coefficient (Wildman–Crippen LogP) is 2.53. The SMILES string of the molecule is CCN1CCn2c(nc3cc(NC(=O)Cn4nc(C)c5ccccc5c4=O)ccc32)C1. The summed E-state index contributed by atoms with van der Waals surface area (Å²) in [5.41, 5.74) is 3.04. The molecule has 1 N–H and O–H groups in total. The number of aryl methyl sites for hydroxylation is 1. The van der Waals surface area contributed by atoms with Crippen molar-refractivity contribution in [3.05, 3.63) is 64.3 Å². The van der Waals surface area contributed by atoms with Crippen molar-refractivity contribution in [3.8, 4) is 0 Å². The number of nitrogens with one attached hydrogen (secondary N) is 1. The number of rotatable bonds is 4. The Labute approximate surface area is 179 Å². The highest BCUT2D eigenvalue weighted by atomic mass is 16.2. The molecule has 0 fully saturated rings. The maximum atomic E-state index is 12.7. The molecule has 2 aromatic carbocycles. The van der Waals surface area contributed by atoms with Gasteiger partial charge in [-0.05, 0) is 37.7 Å². The molecule has 1 aliphatic heterocycles. The number of carbonyl (C=O) groups is 1. The molecule has 5 rings (SSSR count). The number of nitrogens with zero attached hydrogens (tertiary/aromatic N) is 5. The van der Waals surface area contributed by atoms with Crippen molar-refractivity contribution in [2.45, 2.75) is 33.5 Å². The highest BCUT2D eigenvalue weighted by Crippen LogP contribution is 2.23. The standard InChI is InChI=1S/C23H24N6O2/c1-3-27-10-11-28-20-9-8-16(12-19(20)25-21(28)13-27)24-22(30)14-29-23(31)18-7-5-4-6-17(18)15(2)26-29/h4-9,12H,3,10-11,13-14H2,1-2H3,(H,24,30). The molecule has 8 heteroatoms. The van der Waals surface area contributed by atoms with Gasteiger partial charge in [-0.3, -0.25) is 14.5 Å². The van der Waals surface area contributed by atoms with Gasteiger partial charge in [-0.25, -0.2) is 9.67 Å². The van der Waals surface area contributed by atoms with Crippen LogP contribution in [0.2, 0.25) is 0 Å². The van der Waals surface area contributed by atoms with Crippen molar-refractivity contribution in [1.82, 2.24) is 24.2 Å². The van der Waals surface area contributed by atoms with Gasteiger partial charge in [0, 0.05) is 24.2 Å². The fourth-order valence-electron chi connectivity index (χ4n) is 4.27. The molecule has 0 radical (unpaired) electrons. The van der Waals surface area contributed by atoms with E-state index in [1.165, 1.54) is 4.68 Å². The summed E-state index contributed by atoms with van der Waals surface area (Å²) in [5, 5.41) is 8.56. The number of likely N-dealkylation sites (N-methyl/N-ethyl adjacent to an activating group) is 1. The van der Waals surface area contributed by atoms with E-state index >= 15 is 0 Å². The summed E-state index contributed by atoms with van der Waals surface area (Å²) in [4.78, 5) is 32.5. The van der Waals surface area contributed by atoms with Gasteiger partial charge in [0.05, 0.1) is 28.7 Å². The summed E-state index contributed by atoms with van der Waals surface area (Å²) in [6.07, 6.45) is 0. The molecule has 0 aliphatic carbocycles. The summed E-state index contributed by atoms with van der Waals surface area (Å²) in [7, 11) is 0. The molecule has 4 aromatic rings. The quantitative estimate of drug-likeness (QED) is 0.553. The van der Waals surface area contributed by atoms with Crippen molar-refractivity contribution >= 4 is 33.4 Å². The van der Waals surface area contributed by atoms with Crippen molar-refractivity contribution in [2.75, 3.05) is 18.4 Å². The zero-order valence-corrected chi connectivity index (χ0v) is 17.6. The zero-order valence-electron chi connectivity index (χ0n) is 17.6. The number of hydrogen-bond donors (Lipinski definition) is 1. The molecule has 1 amide bonds. The summed E-state index contributed by atoms with van der Waals surface area (Å²) >= 11 is 0. The zero-order chi connectivity index (χ0) is 21.5. The van der Waals surface area contributed by atoms with Crippen LogP contribution in [0, 0.1) is 6.92 Å². The molecule has 1 aliphatic rings. The van der Waals surface area contributed by atoms with Gasteiger partial charge in [0.1, 0.15) is 12.4 Å². The highest BCUT2D eigenvalue weighted by Gasteiger charge is 2.19. The van der Waals surface area contributed by atoms with E-state index in [-0.39, 0.29) is 18.0 Å². The molecule has 2 aromatic heterocycles. The second-order valence-electron chi connectivity index (χ2n) is 7.89. The van der Waals surface area contributed by atoms with E-state index in [2.05, 4.69) is 26.8 Å². The molecule has 3 heterocycles. The number of anilines is 1. The molecule has 158 valence electrons. The Hall–Kier alpha value is -3.52. The van der Waals surface area contributed by atoms with Gasteiger partial charge in [0.15, 0.2) is 0 Å². The number of benzene rings is 2. The van der Waals surface area contributed by atoms with Crippen molar-refractivity contribution in [3.63, 3.8) is 0 Å². The van der Waals surface area contributed by atoms with Gasteiger partial charge < -0.3 is 9.88 Å². The summed E-state index contributed by atoms with van der Waals surface area (Å²) in [6.45, 7) is 7.62. The van der Waals surface area contributed by atoms with E-state index in [0.29, 0.717) is 16.8 Å². The number of imidazole rings is 1.